The average Bonchev–Trinajstić information content (AvgIpc) is 2.49. The zero-order valence-electron chi connectivity index (χ0n) is 9.94. The van der Waals surface area contributed by atoms with Gasteiger partial charge in [0.25, 0.3) is 0 Å². The van der Waals surface area contributed by atoms with Crippen molar-refractivity contribution < 1.29 is 4.79 Å². The molecule has 0 bridgehead atoms. The lowest BCUT2D eigenvalue weighted by atomic mass is 9.82. The Bertz CT molecular complexity index is 209. The van der Waals surface area contributed by atoms with Crippen molar-refractivity contribution in [3.8, 4) is 0 Å². The van der Waals surface area contributed by atoms with E-state index in [1.165, 1.54) is 12.8 Å². The van der Waals surface area contributed by atoms with Crippen LogP contribution in [0.25, 0.3) is 0 Å². The van der Waals surface area contributed by atoms with Crippen molar-refractivity contribution in [3.05, 3.63) is 0 Å². The highest BCUT2D eigenvalue weighted by Crippen LogP contribution is 2.41. The molecule has 1 saturated carbocycles. The van der Waals surface area contributed by atoms with E-state index >= 15 is 0 Å². The summed E-state index contributed by atoms with van der Waals surface area (Å²) in [7, 11) is 0. The summed E-state index contributed by atoms with van der Waals surface area (Å²) in [5.41, 5.74) is -0.144. The summed E-state index contributed by atoms with van der Waals surface area (Å²) in [4.78, 5) is 12.1. The Labute approximate surface area is 87.5 Å². The van der Waals surface area contributed by atoms with E-state index in [0.29, 0.717) is 0 Å². The van der Waals surface area contributed by atoms with Gasteiger partial charge in [-0.3, -0.25) is 4.79 Å². The molecule has 1 amide bonds. The van der Waals surface area contributed by atoms with Gasteiger partial charge in [-0.2, -0.15) is 0 Å². The molecule has 0 unspecified atom stereocenters. The van der Waals surface area contributed by atoms with Crippen LogP contribution < -0.4 is 5.32 Å². The number of amides is 1. The Hall–Kier alpha value is -0.530. The van der Waals surface area contributed by atoms with E-state index in [1.54, 1.807) is 0 Å². The lowest BCUT2D eigenvalue weighted by Gasteiger charge is -2.31. The van der Waals surface area contributed by atoms with Gasteiger partial charge < -0.3 is 5.32 Å². The van der Waals surface area contributed by atoms with E-state index in [1.807, 2.05) is 20.8 Å². The van der Waals surface area contributed by atoms with E-state index < -0.39 is 0 Å². The second-order valence-corrected chi connectivity index (χ2v) is 5.55. The van der Waals surface area contributed by atoms with Crippen LogP contribution in [0.2, 0.25) is 0 Å². The fourth-order valence-corrected chi connectivity index (χ4v) is 2.27. The lowest BCUT2D eigenvalue weighted by molar-refractivity contribution is -0.132. The average molecular weight is 197 g/mol. The molecule has 0 radical (unpaired) electrons. The number of carbonyl (C=O) groups is 1. The normalized spacial score (nSPS) is 20.9. The molecule has 0 spiro atoms. The largest absolute Gasteiger partial charge is 0.351 e. The molecule has 1 aliphatic rings. The summed E-state index contributed by atoms with van der Waals surface area (Å²) in [6, 6.07) is 0. The minimum atomic E-state index is -0.0954. The van der Waals surface area contributed by atoms with Gasteiger partial charge in [0.05, 0.1) is 0 Å². The first-order valence-corrected chi connectivity index (χ1v) is 5.72. The topological polar surface area (TPSA) is 29.1 Å². The van der Waals surface area contributed by atoms with E-state index in [0.717, 1.165) is 19.3 Å². The van der Waals surface area contributed by atoms with Gasteiger partial charge in [0, 0.05) is 11.0 Å². The summed E-state index contributed by atoms with van der Waals surface area (Å²) in [6.07, 6.45) is 5.56. The maximum atomic E-state index is 12.1. The van der Waals surface area contributed by atoms with Crippen LogP contribution in [0, 0.1) is 5.41 Å². The summed E-state index contributed by atoms with van der Waals surface area (Å²) in [5, 5.41) is 3.11. The van der Waals surface area contributed by atoms with Gasteiger partial charge in [-0.15, -0.1) is 0 Å². The summed E-state index contributed by atoms with van der Waals surface area (Å²) < 4.78 is 0. The third-order valence-corrected chi connectivity index (χ3v) is 3.21. The van der Waals surface area contributed by atoms with Gasteiger partial charge in [-0.25, -0.2) is 0 Å². The molecule has 0 aromatic rings. The SMILES string of the molecule is CCC1(C(=O)NC(C)(C)C)CCCC1. The zero-order chi connectivity index (χ0) is 10.8. The number of carbonyl (C=O) groups excluding carboxylic acids is 1. The van der Waals surface area contributed by atoms with Crippen molar-refractivity contribution in [3.63, 3.8) is 0 Å². The second-order valence-electron chi connectivity index (χ2n) is 5.55. The van der Waals surface area contributed by atoms with Crippen LogP contribution in [-0.4, -0.2) is 11.4 Å². The monoisotopic (exact) mass is 197 g/mol. The third-order valence-electron chi connectivity index (χ3n) is 3.21. The summed E-state index contributed by atoms with van der Waals surface area (Å²) in [6.45, 7) is 8.27. The molecule has 82 valence electrons. The van der Waals surface area contributed by atoms with Crippen molar-refractivity contribution >= 4 is 5.91 Å². The number of hydrogen-bond acceptors (Lipinski definition) is 1. The van der Waals surface area contributed by atoms with Crippen molar-refractivity contribution in [1.82, 2.24) is 5.32 Å². The van der Waals surface area contributed by atoms with Crippen molar-refractivity contribution in [2.24, 2.45) is 5.41 Å². The van der Waals surface area contributed by atoms with Crippen molar-refractivity contribution in [1.29, 1.82) is 0 Å². The molecule has 2 heteroatoms. The van der Waals surface area contributed by atoms with Gasteiger partial charge in [0.15, 0.2) is 0 Å². The Morgan fingerprint density at radius 3 is 2.14 bits per heavy atom. The summed E-state index contributed by atoms with van der Waals surface area (Å²) in [5.74, 6) is 0.269. The molecule has 2 nitrogen and oxygen atoms in total. The molecular weight excluding hydrogens is 174 g/mol. The van der Waals surface area contributed by atoms with Crippen LogP contribution in [0.4, 0.5) is 0 Å². The predicted octanol–water partition coefficient (Wildman–Crippen LogP) is 2.87. The molecule has 1 N–H and O–H groups in total. The third kappa shape index (κ3) is 2.49. The minimum absolute atomic E-state index is 0.0483. The van der Waals surface area contributed by atoms with Crippen LogP contribution in [0.15, 0.2) is 0 Å². The van der Waals surface area contributed by atoms with Gasteiger partial charge in [0.1, 0.15) is 0 Å². The Balaban J connectivity index is 2.66. The molecule has 0 atom stereocenters. The molecular formula is C12H23NO. The number of hydrogen-bond donors (Lipinski definition) is 1. The van der Waals surface area contributed by atoms with E-state index in [9.17, 15) is 4.79 Å². The quantitative estimate of drug-likeness (QED) is 0.724. The van der Waals surface area contributed by atoms with Crippen LogP contribution in [0.5, 0.6) is 0 Å². The van der Waals surface area contributed by atoms with E-state index in [-0.39, 0.29) is 16.9 Å². The highest BCUT2D eigenvalue weighted by molar-refractivity contribution is 5.83. The van der Waals surface area contributed by atoms with Crippen LogP contribution in [-0.2, 0) is 4.79 Å². The zero-order valence-corrected chi connectivity index (χ0v) is 9.94. The van der Waals surface area contributed by atoms with E-state index in [2.05, 4.69) is 12.2 Å². The smallest absolute Gasteiger partial charge is 0.226 e. The molecule has 0 heterocycles. The highest BCUT2D eigenvalue weighted by Gasteiger charge is 2.40. The summed E-state index contributed by atoms with van der Waals surface area (Å²) >= 11 is 0. The fraction of sp³-hybridized carbons (Fsp3) is 0.917. The molecule has 1 rings (SSSR count). The van der Waals surface area contributed by atoms with Crippen LogP contribution in [0.3, 0.4) is 0 Å². The molecule has 0 aliphatic heterocycles. The number of nitrogens with one attached hydrogen (secondary N) is 1. The van der Waals surface area contributed by atoms with E-state index in [4.69, 9.17) is 0 Å². The van der Waals surface area contributed by atoms with Crippen molar-refractivity contribution in [2.75, 3.05) is 0 Å². The Morgan fingerprint density at radius 2 is 1.79 bits per heavy atom. The fourth-order valence-electron chi connectivity index (χ4n) is 2.27. The molecule has 0 aromatic carbocycles. The first-order chi connectivity index (χ1) is 6.40. The van der Waals surface area contributed by atoms with Crippen LogP contribution >= 0.6 is 0 Å². The minimum Gasteiger partial charge on any atom is -0.351 e. The second kappa shape index (κ2) is 3.92. The molecule has 0 saturated heterocycles. The lowest BCUT2D eigenvalue weighted by Crippen LogP contribution is -2.48. The van der Waals surface area contributed by atoms with Crippen LogP contribution in [0.1, 0.15) is 59.8 Å². The highest BCUT2D eigenvalue weighted by atomic mass is 16.2. The number of rotatable bonds is 2. The molecule has 1 fully saturated rings. The molecule has 0 aromatic heterocycles. The van der Waals surface area contributed by atoms with Crippen molar-refractivity contribution in [2.45, 2.75) is 65.3 Å². The van der Waals surface area contributed by atoms with Gasteiger partial charge in [-0.05, 0) is 40.0 Å². The molecule has 1 aliphatic carbocycles. The van der Waals surface area contributed by atoms with Gasteiger partial charge in [0.2, 0.25) is 5.91 Å². The Kier molecular flexibility index (Phi) is 3.23. The Morgan fingerprint density at radius 1 is 1.29 bits per heavy atom. The maximum absolute atomic E-state index is 12.1. The molecule has 14 heavy (non-hydrogen) atoms. The van der Waals surface area contributed by atoms with Gasteiger partial charge >= 0.3 is 0 Å². The maximum Gasteiger partial charge on any atom is 0.226 e. The van der Waals surface area contributed by atoms with Gasteiger partial charge in [-0.1, -0.05) is 19.8 Å². The first-order valence-electron chi connectivity index (χ1n) is 5.72. The predicted molar refractivity (Wildman–Crippen MR) is 59.1 cm³/mol. The standard InChI is InChI=1S/C12H23NO/c1-5-12(8-6-7-9-12)10(14)13-11(2,3)4/h5-9H2,1-4H3,(H,13,14). The first kappa shape index (κ1) is 11.5.